The van der Waals surface area contributed by atoms with Crippen molar-refractivity contribution in [2.24, 2.45) is 0 Å². The van der Waals surface area contributed by atoms with Crippen LogP contribution < -0.4 is 57.0 Å². The molecule has 12 aromatic carbocycles. The lowest BCUT2D eigenvalue weighted by Crippen LogP contribution is -2.64. The maximum atomic E-state index is 7.27. The minimum absolute atomic E-state index is 0.0745. The van der Waals surface area contributed by atoms with Crippen LogP contribution in [-0.4, -0.2) is 13.4 Å². The number of anilines is 9. The number of rotatable bonds is 9. The van der Waals surface area contributed by atoms with Crippen molar-refractivity contribution in [3.63, 3.8) is 0 Å². The summed E-state index contributed by atoms with van der Waals surface area (Å²) in [5.74, 6) is 3.12. The van der Waals surface area contributed by atoms with Gasteiger partial charge in [-0.2, -0.15) is 0 Å². The van der Waals surface area contributed by atoms with Crippen molar-refractivity contribution >= 4 is 109 Å². The fraction of sp³-hybridized carbons (Fsp3) is 0. The molecule has 0 amide bonds. The van der Waals surface area contributed by atoms with Crippen molar-refractivity contribution < 1.29 is 9.47 Å². The molecule has 0 aliphatic carbocycles. The molecule has 4 aliphatic heterocycles. The molecule has 0 saturated heterocycles. The van der Waals surface area contributed by atoms with Crippen LogP contribution in [0.15, 0.2) is 295 Å². The van der Waals surface area contributed by atoms with E-state index in [4.69, 9.17) is 9.47 Å². The van der Waals surface area contributed by atoms with Crippen molar-refractivity contribution in [1.29, 1.82) is 0 Å². The van der Waals surface area contributed by atoms with Crippen molar-refractivity contribution in [2.75, 3.05) is 14.7 Å². The minimum Gasteiger partial charge on any atom is -0.457 e. The van der Waals surface area contributed by atoms with Crippen LogP contribution in [0.25, 0.3) is 22.3 Å². The monoisotopic (exact) mass is 1040 g/mol. The molecule has 0 saturated carbocycles. The van der Waals surface area contributed by atoms with Gasteiger partial charge in [-0.1, -0.05) is 211 Å². The number of ether oxygens (including phenoxy) is 2. The predicted molar refractivity (Wildman–Crippen MR) is 334 cm³/mol. The molecule has 0 radical (unpaired) electrons. The van der Waals surface area contributed by atoms with Crippen LogP contribution in [0.4, 0.5) is 51.2 Å². The van der Waals surface area contributed by atoms with Gasteiger partial charge in [0.2, 0.25) is 6.71 Å². The first-order valence-electron chi connectivity index (χ1n) is 27.3. The second-order valence-electron chi connectivity index (χ2n) is 20.7. The zero-order chi connectivity index (χ0) is 52.7. The second kappa shape index (κ2) is 18.9. The molecule has 0 fully saturated rings. The second-order valence-corrected chi connectivity index (χ2v) is 21.8. The van der Waals surface area contributed by atoms with Crippen LogP contribution in [0, 0.1) is 0 Å². The van der Waals surface area contributed by atoms with Gasteiger partial charge in [0.05, 0.1) is 0 Å². The Bertz CT molecular complexity index is 4380. The Balaban J connectivity index is 0.962. The third-order valence-corrected chi connectivity index (χ3v) is 17.3. The summed E-state index contributed by atoms with van der Waals surface area (Å²) in [5.41, 5.74) is 21.6. The lowest BCUT2D eigenvalue weighted by Gasteiger charge is -2.46. The predicted octanol–water partition coefficient (Wildman–Crippen LogP) is 15.5. The number of hydrogen-bond donors (Lipinski definition) is 0. The highest BCUT2D eigenvalue weighted by Crippen LogP contribution is 2.50. The van der Waals surface area contributed by atoms with Gasteiger partial charge < -0.3 is 24.2 Å². The van der Waals surface area contributed by atoms with Crippen LogP contribution in [0.5, 0.6) is 23.0 Å². The number of hydrogen-bond acceptors (Lipinski definition) is 6. The largest absolute Gasteiger partial charge is 0.457 e. The van der Waals surface area contributed by atoms with Gasteiger partial charge in [0.1, 0.15) is 23.0 Å². The van der Waals surface area contributed by atoms with Crippen molar-refractivity contribution in [2.45, 2.75) is 9.79 Å². The number of nitrogens with zero attached hydrogens (tertiary/aromatic N) is 3. The summed E-state index contributed by atoms with van der Waals surface area (Å²) in [5, 5.41) is 0. The summed E-state index contributed by atoms with van der Waals surface area (Å²) in [4.78, 5) is 9.86. The third kappa shape index (κ3) is 7.51. The van der Waals surface area contributed by atoms with E-state index in [1.54, 1.807) is 0 Å². The summed E-state index contributed by atoms with van der Waals surface area (Å²) >= 11 is 1.84. The molecular weight excluding hydrogens is 993 g/mol. The van der Waals surface area contributed by atoms with Gasteiger partial charge in [-0.05, 0) is 111 Å². The quantitative estimate of drug-likeness (QED) is 0.134. The Labute approximate surface area is 470 Å². The molecule has 4 heterocycles. The molecule has 0 atom stereocenters. The van der Waals surface area contributed by atoms with Crippen LogP contribution in [-0.2, 0) is 0 Å². The smallest absolute Gasteiger partial charge is 0.252 e. The summed E-state index contributed by atoms with van der Waals surface area (Å²) in [7, 11) is 0. The molecule has 0 bridgehead atoms. The average molecular weight is 1040 g/mol. The van der Waals surface area contributed by atoms with E-state index >= 15 is 0 Å². The Hall–Kier alpha value is -9.88. The molecule has 0 unspecified atom stereocenters. The van der Waals surface area contributed by atoms with E-state index in [0.717, 1.165) is 96.4 Å². The fourth-order valence-electron chi connectivity index (χ4n) is 12.8. The maximum Gasteiger partial charge on any atom is 0.252 e. The highest BCUT2D eigenvalue weighted by Gasteiger charge is 2.48. The zero-order valence-corrected chi connectivity index (χ0v) is 44.2. The van der Waals surface area contributed by atoms with Gasteiger partial charge in [-0.15, -0.1) is 0 Å². The lowest BCUT2D eigenvalue weighted by atomic mass is 9.30. The van der Waals surface area contributed by atoms with E-state index < -0.39 is 0 Å². The van der Waals surface area contributed by atoms with Crippen LogP contribution in [0.2, 0.25) is 0 Å². The van der Waals surface area contributed by atoms with Gasteiger partial charge >= 0.3 is 0 Å². The van der Waals surface area contributed by atoms with E-state index in [2.05, 4.69) is 300 Å². The Kier molecular flexibility index (Phi) is 10.9. The molecular formula is C72H47B2N3O2S. The molecule has 80 heavy (non-hydrogen) atoms. The van der Waals surface area contributed by atoms with Crippen LogP contribution in [0.3, 0.4) is 0 Å². The summed E-state index contributed by atoms with van der Waals surface area (Å²) < 4.78 is 14.4. The van der Waals surface area contributed by atoms with Gasteiger partial charge in [-0.25, -0.2) is 0 Å². The van der Waals surface area contributed by atoms with Gasteiger partial charge in [0, 0.05) is 90.3 Å². The van der Waals surface area contributed by atoms with Crippen molar-refractivity contribution in [3.8, 4) is 45.3 Å². The standard InChI is InChI=1S/C72H47B2N3O2S/c1-6-24-48(25-7-1)55-34-16-21-39-67(55)78-53-42-64-71-65(43-53)76(51-30-12-4-13-31-51)62-47-63-60(46-59(62)73(71)57-36-18-20-38-61(57)75(64)50-28-10-3-11-29-50)74-58-37-19-23-41-69(58)80-70-45-54(44-66(72(70)74)77(63)52-32-14-5-15-33-52)79-68-40-22-17-35-56(68)49-26-8-2-9-27-49/h1-47H. The first-order chi connectivity index (χ1) is 39.7. The van der Waals surface area contributed by atoms with Gasteiger partial charge in [0.25, 0.3) is 6.71 Å². The summed E-state index contributed by atoms with van der Waals surface area (Å²) in [6.07, 6.45) is 0. The minimum atomic E-state index is -0.137. The average Bonchev–Trinajstić information content (AvgIpc) is 3.55. The highest BCUT2D eigenvalue weighted by molar-refractivity contribution is 8.00. The molecule has 4 aliphatic rings. The van der Waals surface area contributed by atoms with E-state index in [1.165, 1.54) is 42.6 Å². The van der Waals surface area contributed by atoms with Crippen LogP contribution >= 0.6 is 11.8 Å². The van der Waals surface area contributed by atoms with E-state index in [9.17, 15) is 0 Å². The first-order valence-corrected chi connectivity index (χ1v) is 28.1. The topological polar surface area (TPSA) is 28.2 Å². The van der Waals surface area contributed by atoms with Crippen molar-refractivity contribution in [1.82, 2.24) is 0 Å². The van der Waals surface area contributed by atoms with Crippen molar-refractivity contribution in [3.05, 3.63) is 285 Å². The Morgan fingerprint density at radius 2 is 0.675 bits per heavy atom. The molecule has 0 N–H and O–H groups in total. The molecule has 374 valence electrons. The highest BCUT2D eigenvalue weighted by atomic mass is 32.2. The SMILES string of the molecule is c1ccc(-c2ccccc2Oc2cc3c4c(c2)N(c2ccccc2)c2cc5c(cc2B4c2ccccc2S3)B2c3ccccc3N(c3ccccc3)c3cc(Oc4ccccc4-c4ccccc4)cc(c32)N5c2ccccc2)cc1. The normalized spacial score (nSPS) is 13.1. The molecule has 5 nitrogen and oxygen atoms in total. The number of benzene rings is 12. The number of fused-ring (bicyclic) bond motifs is 8. The van der Waals surface area contributed by atoms with Gasteiger partial charge in [0.15, 0.2) is 0 Å². The van der Waals surface area contributed by atoms with Gasteiger partial charge in [-0.3, -0.25) is 0 Å². The molecule has 12 aromatic rings. The molecule has 16 rings (SSSR count). The zero-order valence-electron chi connectivity index (χ0n) is 43.4. The van der Waals surface area contributed by atoms with E-state index in [-0.39, 0.29) is 13.4 Å². The maximum absolute atomic E-state index is 7.27. The van der Waals surface area contributed by atoms with Crippen LogP contribution in [0.1, 0.15) is 0 Å². The lowest BCUT2D eigenvalue weighted by molar-refractivity contribution is 0.483. The Morgan fingerprint density at radius 3 is 1.21 bits per heavy atom. The molecule has 0 spiro atoms. The molecule has 8 heteroatoms. The van der Waals surface area contributed by atoms with E-state index in [0.29, 0.717) is 0 Å². The first kappa shape index (κ1) is 46.2. The summed E-state index contributed by atoms with van der Waals surface area (Å²) in [6.45, 7) is -0.212. The summed E-state index contributed by atoms with van der Waals surface area (Å²) in [6, 6.07) is 103. The third-order valence-electron chi connectivity index (χ3n) is 16.2. The molecule has 0 aromatic heterocycles. The number of para-hydroxylation sites is 6. The fourth-order valence-corrected chi connectivity index (χ4v) is 14.0. The Morgan fingerprint density at radius 1 is 0.275 bits per heavy atom. The van der Waals surface area contributed by atoms with E-state index in [1.807, 2.05) is 11.8 Å².